The summed E-state index contributed by atoms with van der Waals surface area (Å²) in [6.07, 6.45) is 3.90. The molecule has 2 unspecified atom stereocenters. The highest BCUT2D eigenvalue weighted by Crippen LogP contribution is 2.23. The monoisotopic (exact) mass is 187 g/mol. The Morgan fingerprint density at radius 2 is 2.38 bits per heavy atom. The van der Waals surface area contributed by atoms with E-state index in [-0.39, 0.29) is 6.10 Å². The average Bonchev–Trinajstić information content (AvgIpc) is 2.15. The topological polar surface area (TPSA) is 41.5 Å². The number of nitrogens with one attached hydrogen (secondary N) is 1. The summed E-state index contributed by atoms with van der Waals surface area (Å²) in [5, 5.41) is 13.4. The van der Waals surface area contributed by atoms with Crippen molar-refractivity contribution >= 4 is 0 Å². The Hall–Kier alpha value is -0.120. The van der Waals surface area contributed by atoms with E-state index in [1.165, 1.54) is 0 Å². The molecule has 0 aliphatic carbocycles. The molecule has 13 heavy (non-hydrogen) atoms. The lowest BCUT2D eigenvalue weighted by molar-refractivity contribution is -0.0397. The Morgan fingerprint density at radius 3 is 2.85 bits per heavy atom. The standard InChI is InChI=1S/C10H21NO2/c1-3-9(13-2)7-10(12)5-4-6-11-8-10/h9,11-12H,3-8H2,1-2H3. The number of hydrogen-bond acceptors (Lipinski definition) is 3. The second-order valence-electron chi connectivity index (χ2n) is 3.97. The van der Waals surface area contributed by atoms with Gasteiger partial charge in [0.05, 0.1) is 11.7 Å². The summed E-state index contributed by atoms with van der Waals surface area (Å²) in [5.41, 5.74) is -0.533. The van der Waals surface area contributed by atoms with Gasteiger partial charge in [0.15, 0.2) is 0 Å². The maximum Gasteiger partial charge on any atom is 0.0796 e. The van der Waals surface area contributed by atoms with E-state index < -0.39 is 5.60 Å². The summed E-state index contributed by atoms with van der Waals surface area (Å²) in [7, 11) is 1.72. The summed E-state index contributed by atoms with van der Waals surface area (Å²) in [4.78, 5) is 0. The van der Waals surface area contributed by atoms with Crippen LogP contribution in [0.25, 0.3) is 0 Å². The van der Waals surface area contributed by atoms with Crippen LogP contribution in [-0.2, 0) is 4.74 Å². The van der Waals surface area contributed by atoms with Crippen LogP contribution in [0, 0.1) is 0 Å². The van der Waals surface area contributed by atoms with Crippen LogP contribution >= 0.6 is 0 Å². The van der Waals surface area contributed by atoms with Crippen molar-refractivity contribution < 1.29 is 9.84 Å². The molecule has 1 aliphatic heterocycles. The van der Waals surface area contributed by atoms with Crippen molar-refractivity contribution in [1.29, 1.82) is 0 Å². The maximum atomic E-state index is 10.2. The average molecular weight is 187 g/mol. The largest absolute Gasteiger partial charge is 0.388 e. The van der Waals surface area contributed by atoms with Crippen molar-refractivity contribution in [2.24, 2.45) is 0 Å². The Bertz CT molecular complexity index is 140. The number of piperidine rings is 1. The molecule has 3 nitrogen and oxygen atoms in total. The van der Waals surface area contributed by atoms with Gasteiger partial charge in [-0.1, -0.05) is 6.92 Å². The number of ether oxygens (including phenoxy) is 1. The number of β-amino-alcohol motifs (C(OH)–C–C–N with tert-alkyl or cyclic N) is 1. The van der Waals surface area contributed by atoms with E-state index in [9.17, 15) is 5.11 Å². The molecule has 0 aromatic rings. The van der Waals surface area contributed by atoms with E-state index in [0.717, 1.165) is 32.2 Å². The van der Waals surface area contributed by atoms with E-state index >= 15 is 0 Å². The predicted octanol–water partition coefficient (Wildman–Crippen LogP) is 0.916. The van der Waals surface area contributed by atoms with Crippen LogP contribution in [0.4, 0.5) is 0 Å². The third-order valence-corrected chi connectivity index (χ3v) is 2.85. The molecule has 3 heteroatoms. The zero-order valence-corrected chi connectivity index (χ0v) is 8.68. The van der Waals surface area contributed by atoms with Gasteiger partial charge in [-0.05, 0) is 25.8 Å². The first-order valence-electron chi connectivity index (χ1n) is 5.16. The Balaban J connectivity index is 2.39. The number of rotatable bonds is 4. The molecule has 0 amide bonds. The number of aliphatic hydroxyl groups is 1. The normalized spacial score (nSPS) is 31.6. The van der Waals surface area contributed by atoms with Gasteiger partial charge in [-0.25, -0.2) is 0 Å². The predicted molar refractivity (Wildman–Crippen MR) is 52.8 cm³/mol. The third-order valence-electron chi connectivity index (χ3n) is 2.85. The molecule has 0 radical (unpaired) electrons. The Morgan fingerprint density at radius 1 is 1.62 bits per heavy atom. The van der Waals surface area contributed by atoms with Crippen LogP contribution in [0.1, 0.15) is 32.6 Å². The van der Waals surface area contributed by atoms with Gasteiger partial charge in [-0.15, -0.1) is 0 Å². The van der Waals surface area contributed by atoms with Crippen LogP contribution < -0.4 is 5.32 Å². The molecular formula is C10H21NO2. The molecule has 78 valence electrons. The van der Waals surface area contributed by atoms with Crippen molar-refractivity contribution in [2.45, 2.75) is 44.3 Å². The second kappa shape index (κ2) is 4.94. The van der Waals surface area contributed by atoms with Crippen molar-refractivity contribution in [2.75, 3.05) is 20.2 Å². The molecule has 1 saturated heterocycles. The minimum atomic E-state index is -0.533. The van der Waals surface area contributed by atoms with Gasteiger partial charge in [0, 0.05) is 20.1 Å². The van der Waals surface area contributed by atoms with E-state index in [1.807, 2.05) is 0 Å². The van der Waals surface area contributed by atoms with Crippen LogP contribution in [0.5, 0.6) is 0 Å². The molecule has 1 heterocycles. The lowest BCUT2D eigenvalue weighted by Gasteiger charge is -2.34. The second-order valence-corrected chi connectivity index (χ2v) is 3.97. The zero-order valence-electron chi connectivity index (χ0n) is 8.68. The summed E-state index contributed by atoms with van der Waals surface area (Å²) in [6, 6.07) is 0. The van der Waals surface area contributed by atoms with E-state index in [2.05, 4.69) is 12.2 Å². The first-order chi connectivity index (χ1) is 6.20. The van der Waals surface area contributed by atoms with Gasteiger partial charge in [0.2, 0.25) is 0 Å². The lowest BCUT2D eigenvalue weighted by Crippen LogP contribution is -2.47. The molecule has 2 N–H and O–H groups in total. The molecule has 0 spiro atoms. The Labute approximate surface area is 80.5 Å². The van der Waals surface area contributed by atoms with Crippen LogP contribution in [0.2, 0.25) is 0 Å². The Kier molecular flexibility index (Phi) is 4.16. The maximum absolute atomic E-state index is 10.2. The van der Waals surface area contributed by atoms with Crippen LogP contribution in [-0.4, -0.2) is 37.0 Å². The highest BCUT2D eigenvalue weighted by Gasteiger charge is 2.31. The fourth-order valence-corrected chi connectivity index (χ4v) is 1.94. The molecule has 2 atom stereocenters. The van der Waals surface area contributed by atoms with Crippen LogP contribution in [0.15, 0.2) is 0 Å². The van der Waals surface area contributed by atoms with Crippen LogP contribution in [0.3, 0.4) is 0 Å². The van der Waals surface area contributed by atoms with Gasteiger partial charge in [0.25, 0.3) is 0 Å². The quantitative estimate of drug-likeness (QED) is 0.687. The van der Waals surface area contributed by atoms with Gasteiger partial charge in [-0.2, -0.15) is 0 Å². The molecule has 0 aromatic carbocycles. The van der Waals surface area contributed by atoms with E-state index in [4.69, 9.17) is 4.74 Å². The minimum Gasteiger partial charge on any atom is -0.388 e. The molecule has 0 saturated carbocycles. The van der Waals surface area contributed by atoms with Crippen molar-refractivity contribution in [3.8, 4) is 0 Å². The molecule has 0 bridgehead atoms. The number of methoxy groups -OCH3 is 1. The van der Waals surface area contributed by atoms with Gasteiger partial charge < -0.3 is 15.2 Å². The van der Waals surface area contributed by atoms with Crippen molar-refractivity contribution in [3.63, 3.8) is 0 Å². The summed E-state index contributed by atoms with van der Waals surface area (Å²) < 4.78 is 5.28. The smallest absolute Gasteiger partial charge is 0.0796 e. The van der Waals surface area contributed by atoms with Crippen molar-refractivity contribution in [1.82, 2.24) is 5.32 Å². The third kappa shape index (κ3) is 3.25. The number of hydrogen-bond donors (Lipinski definition) is 2. The first kappa shape index (κ1) is 11.0. The fourth-order valence-electron chi connectivity index (χ4n) is 1.94. The zero-order chi connectivity index (χ0) is 9.73. The van der Waals surface area contributed by atoms with Gasteiger partial charge in [0.1, 0.15) is 0 Å². The van der Waals surface area contributed by atoms with E-state index in [0.29, 0.717) is 6.54 Å². The highest BCUT2D eigenvalue weighted by molar-refractivity contribution is 4.87. The van der Waals surface area contributed by atoms with E-state index in [1.54, 1.807) is 7.11 Å². The highest BCUT2D eigenvalue weighted by atomic mass is 16.5. The first-order valence-corrected chi connectivity index (χ1v) is 5.16. The fraction of sp³-hybridized carbons (Fsp3) is 1.00. The molecule has 1 fully saturated rings. The summed E-state index contributed by atoms with van der Waals surface area (Å²) >= 11 is 0. The SMILES string of the molecule is CCC(CC1(O)CCCNC1)OC. The molecule has 0 aromatic heterocycles. The minimum absolute atomic E-state index is 0.199. The van der Waals surface area contributed by atoms with Gasteiger partial charge in [-0.3, -0.25) is 0 Å². The van der Waals surface area contributed by atoms with Crippen molar-refractivity contribution in [3.05, 3.63) is 0 Å². The lowest BCUT2D eigenvalue weighted by atomic mass is 9.88. The molecule has 1 aliphatic rings. The molecular weight excluding hydrogens is 166 g/mol. The van der Waals surface area contributed by atoms with Gasteiger partial charge >= 0.3 is 0 Å². The summed E-state index contributed by atoms with van der Waals surface area (Å²) in [5.74, 6) is 0. The molecule has 1 rings (SSSR count). The summed E-state index contributed by atoms with van der Waals surface area (Å²) in [6.45, 7) is 3.84.